The molecule has 0 fully saturated rings. The molecule has 0 saturated carbocycles. The normalized spacial score (nSPS) is 13.7. The highest BCUT2D eigenvalue weighted by atomic mass is 32.2. The van der Waals surface area contributed by atoms with Crippen LogP contribution in [0, 0.1) is 0 Å². The van der Waals surface area contributed by atoms with Crippen molar-refractivity contribution in [1.82, 2.24) is 5.32 Å². The van der Waals surface area contributed by atoms with Gasteiger partial charge in [0.05, 0.1) is 17.9 Å². The average Bonchev–Trinajstić information content (AvgIpc) is 3.01. The molecular formula is C39H73NO5S. The molecule has 0 aromatic heterocycles. The number of hydrogen-bond donors (Lipinski definition) is 3. The van der Waals surface area contributed by atoms with Crippen molar-refractivity contribution in [3.05, 3.63) is 36.5 Å². The lowest BCUT2D eigenvalue weighted by Gasteiger charge is -2.21. The van der Waals surface area contributed by atoms with Crippen molar-refractivity contribution in [3.8, 4) is 0 Å². The highest BCUT2D eigenvalue weighted by molar-refractivity contribution is 7.85. The first kappa shape index (κ1) is 44.6. The molecule has 1 amide bonds. The molecule has 7 heteroatoms. The Bertz CT molecular complexity index is 868. The average molecular weight is 668 g/mol. The van der Waals surface area contributed by atoms with Crippen molar-refractivity contribution < 1.29 is 22.9 Å². The van der Waals surface area contributed by atoms with Gasteiger partial charge in [-0.25, -0.2) is 0 Å². The number of aliphatic hydroxyl groups excluding tert-OH is 1. The molecule has 6 nitrogen and oxygen atoms in total. The zero-order chi connectivity index (χ0) is 34.0. The van der Waals surface area contributed by atoms with Gasteiger partial charge in [-0.1, -0.05) is 166 Å². The van der Waals surface area contributed by atoms with Crippen LogP contribution < -0.4 is 5.32 Å². The number of hydrogen-bond acceptors (Lipinski definition) is 4. The standard InChI is InChI=1S/C39H73NO5S/c1-3-5-7-9-11-13-15-17-19-21-22-24-26-28-30-32-34-38(41)37(36-46(43,44)45)40-39(42)35-33-31-29-27-25-23-20-18-16-14-12-10-8-6-4-2/h12,14,18,20,32,34,37-38,41H,3-11,13,15-17,19,21-31,33,35-36H2,1-2H3,(H,40,42)(H,43,44,45)/b14-12-,20-18-,34-32+. The summed E-state index contributed by atoms with van der Waals surface area (Å²) in [7, 11) is -4.34. The SMILES string of the molecule is CCCCC/C=C\C/C=C\CCCCCCCC(=O)NC(CS(=O)(=O)O)C(O)/C=C/CCCCCCCCCCCCCCCC. The van der Waals surface area contributed by atoms with E-state index >= 15 is 0 Å². The first-order valence-corrected chi connectivity index (χ1v) is 20.8. The van der Waals surface area contributed by atoms with Gasteiger partial charge in [0.25, 0.3) is 10.1 Å². The van der Waals surface area contributed by atoms with Crippen molar-refractivity contribution in [1.29, 1.82) is 0 Å². The van der Waals surface area contributed by atoms with E-state index in [1.807, 2.05) is 6.08 Å². The van der Waals surface area contributed by atoms with Gasteiger partial charge in [0.2, 0.25) is 5.91 Å². The summed E-state index contributed by atoms with van der Waals surface area (Å²) in [5, 5.41) is 13.2. The first-order chi connectivity index (χ1) is 22.3. The van der Waals surface area contributed by atoms with Gasteiger partial charge in [0, 0.05) is 6.42 Å². The number of aliphatic hydroxyl groups is 1. The monoisotopic (exact) mass is 668 g/mol. The number of nitrogens with one attached hydrogen (secondary N) is 1. The van der Waals surface area contributed by atoms with Crippen molar-refractivity contribution in [2.45, 2.75) is 199 Å². The summed E-state index contributed by atoms with van der Waals surface area (Å²) in [5.74, 6) is -0.996. The molecule has 0 rings (SSSR count). The topological polar surface area (TPSA) is 104 Å². The Morgan fingerprint density at radius 3 is 1.46 bits per heavy atom. The third-order valence-electron chi connectivity index (χ3n) is 8.56. The second kappa shape index (κ2) is 33.5. The maximum atomic E-state index is 12.5. The van der Waals surface area contributed by atoms with Gasteiger partial charge in [-0.3, -0.25) is 9.35 Å². The molecule has 0 bridgehead atoms. The van der Waals surface area contributed by atoms with Gasteiger partial charge < -0.3 is 10.4 Å². The molecular weight excluding hydrogens is 594 g/mol. The number of rotatable bonds is 34. The fourth-order valence-electron chi connectivity index (χ4n) is 5.65. The number of amides is 1. The minimum absolute atomic E-state index is 0.280. The Hall–Kier alpha value is -1.44. The van der Waals surface area contributed by atoms with E-state index in [2.05, 4.69) is 43.5 Å². The lowest BCUT2D eigenvalue weighted by Crippen LogP contribution is -2.46. The minimum Gasteiger partial charge on any atom is -0.387 e. The van der Waals surface area contributed by atoms with E-state index in [4.69, 9.17) is 0 Å². The summed E-state index contributed by atoms with van der Waals surface area (Å²) in [5.41, 5.74) is 0. The van der Waals surface area contributed by atoms with E-state index < -0.39 is 28.0 Å². The van der Waals surface area contributed by atoms with Crippen LogP contribution in [0.15, 0.2) is 36.5 Å². The van der Waals surface area contributed by atoms with Crippen molar-refractivity contribution in [3.63, 3.8) is 0 Å². The van der Waals surface area contributed by atoms with E-state index in [9.17, 15) is 22.9 Å². The highest BCUT2D eigenvalue weighted by Crippen LogP contribution is 2.14. The van der Waals surface area contributed by atoms with Crippen LogP contribution in [0.1, 0.15) is 187 Å². The highest BCUT2D eigenvalue weighted by Gasteiger charge is 2.24. The van der Waals surface area contributed by atoms with E-state index in [1.54, 1.807) is 6.08 Å². The molecule has 0 aliphatic carbocycles. The summed E-state index contributed by atoms with van der Waals surface area (Å²) in [4.78, 5) is 12.5. The van der Waals surface area contributed by atoms with E-state index in [0.29, 0.717) is 6.42 Å². The third kappa shape index (κ3) is 33.9. The van der Waals surface area contributed by atoms with E-state index in [-0.39, 0.29) is 12.3 Å². The Labute approximate surface area is 285 Å². The van der Waals surface area contributed by atoms with Gasteiger partial charge in [0.1, 0.15) is 0 Å². The first-order valence-electron chi connectivity index (χ1n) is 19.2. The van der Waals surface area contributed by atoms with Crippen molar-refractivity contribution in [2.75, 3.05) is 5.75 Å². The molecule has 0 heterocycles. The maximum absolute atomic E-state index is 12.5. The van der Waals surface area contributed by atoms with E-state index in [0.717, 1.165) is 57.8 Å². The van der Waals surface area contributed by atoms with Crippen LogP contribution in [0.5, 0.6) is 0 Å². The molecule has 0 saturated heterocycles. The van der Waals surface area contributed by atoms with Crippen LogP contribution in [-0.4, -0.2) is 41.9 Å². The Morgan fingerprint density at radius 2 is 0.978 bits per heavy atom. The molecule has 46 heavy (non-hydrogen) atoms. The predicted octanol–water partition coefficient (Wildman–Crippen LogP) is 11.0. The molecule has 0 aliphatic rings. The summed E-state index contributed by atoms with van der Waals surface area (Å²) >= 11 is 0. The fourth-order valence-corrected chi connectivity index (χ4v) is 6.39. The molecule has 0 aromatic carbocycles. The van der Waals surface area contributed by atoms with Gasteiger partial charge >= 0.3 is 0 Å². The van der Waals surface area contributed by atoms with Crippen molar-refractivity contribution in [2.24, 2.45) is 0 Å². The third-order valence-corrected chi connectivity index (χ3v) is 9.34. The van der Waals surface area contributed by atoms with Gasteiger partial charge in [-0.15, -0.1) is 0 Å². The molecule has 3 N–H and O–H groups in total. The number of carbonyl (C=O) groups excluding carboxylic acids is 1. The lowest BCUT2D eigenvalue weighted by molar-refractivity contribution is -0.122. The van der Waals surface area contributed by atoms with Crippen LogP contribution in [0.2, 0.25) is 0 Å². The molecule has 0 aliphatic heterocycles. The van der Waals surface area contributed by atoms with Crippen molar-refractivity contribution >= 4 is 16.0 Å². The second-order valence-corrected chi connectivity index (χ2v) is 14.7. The summed E-state index contributed by atoms with van der Waals surface area (Å²) in [6, 6.07) is -1.06. The van der Waals surface area contributed by atoms with E-state index in [1.165, 1.54) is 103 Å². The molecule has 0 aromatic rings. The summed E-state index contributed by atoms with van der Waals surface area (Å²) in [6.07, 6.45) is 42.6. The van der Waals surface area contributed by atoms with Gasteiger partial charge in [0.15, 0.2) is 0 Å². The minimum atomic E-state index is -4.34. The zero-order valence-electron chi connectivity index (χ0n) is 29.9. The van der Waals surface area contributed by atoms with Gasteiger partial charge in [-0.2, -0.15) is 8.42 Å². The zero-order valence-corrected chi connectivity index (χ0v) is 30.8. The lowest BCUT2D eigenvalue weighted by atomic mass is 10.0. The number of allylic oxidation sites excluding steroid dienone is 5. The number of carbonyl (C=O) groups is 1. The maximum Gasteiger partial charge on any atom is 0.267 e. The van der Waals surface area contributed by atoms with Crippen LogP contribution in [-0.2, 0) is 14.9 Å². The second-order valence-electron chi connectivity index (χ2n) is 13.2. The smallest absolute Gasteiger partial charge is 0.267 e. The molecule has 0 spiro atoms. The van der Waals surface area contributed by atoms with Crippen LogP contribution >= 0.6 is 0 Å². The molecule has 2 unspecified atom stereocenters. The quantitative estimate of drug-likeness (QED) is 0.0360. The summed E-state index contributed by atoms with van der Waals surface area (Å²) < 4.78 is 32.4. The number of unbranched alkanes of at least 4 members (excludes halogenated alkanes) is 22. The molecule has 270 valence electrons. The van der Waals surface area contributed by atoms with Gasteiger partial charge in [-0.05, 0) is 51.4 Å². The predicted molar refractivity (Wildman–Crippen MR) is 198 cm³/mol. The van der Waals surface area contributed by atoms with Crippen LogP contribution in [0.25, 0.3) is 0 Å². The Balaban J connectivity index is 3.99. The Morgan fingerprint density at radius 1 is 0.587 bits per heavy atom. The Kier molecular flexibility index (Phi) is 32.4. The molecule has 2 atom stereocenters. The van der Waals surface area contributed by atoms with Crippen LogP contribution in [0.4, 0.5) is 0 Å². The fraction of sp³-hybridized carbons (Fsp3) is 0.821. The largest absolute Gasteiger partial charge is 0.387 e. The van der Waals surface area contributed by atoms with Crippen LogP contribution in [0.3, 0.4) is 0 Å². The molecule has 0 radical (unpaired) electrons. The summed E-state index contributed by atoms with van der Waals surface area (Å²) in [6.45, 7) is 4.48.